The molecule has 0 saturated carbocycles. The molecule has 0 fully saturated rings. The quantitative estimate of drug-likeness (QED) is 0.583. The molecule has 0 aromatic rings. The fraction of sp³-hybridized carbons (Fsp3) is 0.778. The Morgan fingerprint density at radius 3 is 2.40 bits per heavy atom. The Hall–Kier alpha value is -0.530. The molecule has 0 unspecified atom stereocenters. The van der Waals surface area contributed by atoms with Crippen molar-refractivity contribution in [2.75, 3.05) is 18.1 Å². The molecule has 88 valence electrons. The third-order valence-electron chi connectivity index (χ3n) is 1.80. The maximum absolute atomic E-state index is 11.6. The van der Waals surface area contributed by atoms with Gasteiger partial charge < -0.3 is 15.4 Å². The van der Waals surface area contributed by atoms with E-state index in [4.69, 9.17) is 0 Å². The van der Waals surface area contributed by atoms with Crippen LogP contribution in [0.1, 0.15) is 13.8 Å². The van der Waals surface area contributed by atoms with Crippen LogP contribution < -0.4 is 10.6 Å². The second-order valence-corrected chi connectivity index (χ2v) is 4.42. The molecule has 5 nitrogen and oxygen atoms in total. The molecule has 0 heterocycles. The molecular formula is C9H17IN2O3. The van der Waals surface area contributed by atoms with Crippen LogP contribution in [0.2, 0.25) is 0 Å². The van der Waals surface area contributed by atoms with Gasteiger partial charge in [0.1, 0.15) is 6.04 Å². The molecule has 0 aliphatic carbocycles. The number of ether oxygens (including phenoxy) is 1. The zero-order valence-electron chi connectivity index (χ0n) is 9.17. The fourth-order valence-electron chi connectivity index (χ4n) is 1.00. The van der Waals surface area contributed by atoms with E-state index in [2.05, 4.69) is 38.0 Å². The summed E-state index contributed by atoms with van der Waals surface area (Å²) in [7, 11) is 1.27. The first-order valence-corrected chi connectivity index (χ1v) is 6.23. The highest BCUT2D eigenvalue weighted by atomic mass is 127. The highest BCUT2D eigenvalue weighted by Crippen LogP contribution is 2.02. The number of carbonyl (C=O) groups is 2. The standard InChI is InChI=1S/C9H17IN2O3/c1-6(2)7(12-9(14)15-3)8(13)11-5-4-10/h6-7H,4-5H2,1-3H3,(H,11,13)(H,12,14)/t7-/m0/s1. The Balaban J connectivity index is 4.25. The van der Waals surface area contributed by atoms with Gasteiger partial charge in [0.15, 0.2) is 0 Å². The average Bonchev–Trinajstić information content (AvgIpc) is 2.21. The minimum absolute atomic E-state index is 0.0262. The number of hydrogen-bond acceptors (Lipinski definition) is 3. The van der Waals surface area contributed by atoms with Gasteiger partial charge in [-0.3, -0.25) is 4.79 Å². The molecule has 0 aromatic carbocycles. The Morgan fingerprint density at radius 1 is 1.40 bits per heavy atom. The monoisotopic (exact) mass is 328 g/mol. The normalized spacial score (nSPS) is 12.1. The lowest BCUT2D eigenvalue weighted by Gasteiger charge is -2.20. The Bertz CT molecular complexity index is 221. The van der Waals surface area contributed by atoms with E-state index in [1.54, 1.807) is 0 Å². The second kappa shape index (κ2) is 7.72. The van der Waals surface area contributed by atoms with Crippen molar-refractivity contribution in [1.82, 2.24) is 10.6 Å². The molecule has 0 aliphatic heterocycles. The van der Waals surface area contributed by atoms with Gasteiger partial charge in [-0.25, -0.2) is 4.79 Å². The minimum atomic E-state index is -0.585. The van der Waals surface area contributed by atoms with Gasteiger partial charge in [0.25, 0.3) is 0 Å². The molecule has 2 N–H and O–H groups in total. The van der Waals surface area contributed by atoms with Gasteiger partial charge in [-0.1, -0.05) is 36.4 Å². The smallest absolute Gasteiger partial charge is 0.407 e. The number of alkyl halides is 1. The van der Waals surface area contributed by atoms with Gasteiger partial charge in [-0.15, -0.1) is 0 Å². The molecule has 0 bridgehead atoms. The van der Waals surface area contributed by atoms with E-state index in [1.807, 2.05) is 13.8 Å². The van der Waals surface area contributed by atoms with Crippen molar-refractivity contribution in [2.45, 2.75) is 19.9 Å². The van der Waals surface area contributed by atoms with E-state index in [9.17, 15) is 9.59 Å². The molecule has 0 rings (SSSR count). The van der Waals surface area contributed by atoms with Crippen LogP contribution in [0.3, 0.4) is 0 Å². The summed E-state index contributed by atoms with van der Waals surface area (Å²) >= 11 is 2.17. The second-order valence-electron chi connectivity index (χ2n) is 3.34. The van der Waals surface area contributed by atoms with Crippen LogP contribution in [0.5, 0.6) is 0 Å². The number of halogens is 1. The van der Waals surface area contributed by atoms with Crippen molar-refractivity contribution in [1.29, 1.82) is 0 Å². The zero-order valence-corrected chi connectivity index (χ0v) is 11.3. The topological polar surface area (TPSA) is 67.4 Å². The average molecular weight is 328 g/mol. The van der Waals surface area contributed by atoms with Crippen molar-refractivity contribution in [3.63, 3.8) is 0 Å². The zero-order chi connectivity index (χ0) is 11.8. The van der Waals surface area contributed by atoms with E-state index in [1.165, 1.54) is 7.11 Å². The SMILES string of the molecule is COC(=O)N[C@H](C(=O)NCCI)C(C)C. The summed E-state index contributed by atoms with van der Waals surface area (Å²) in [5, 5.41) is 5.23. The lowest BCUT2D eigenvalue weighted by atomic mass is 10.0. The van der Waals surface area contributed by atoms with Crippen LogP contribution in [0.4, 0.5) is 4.79 Å². The summed E-state index contributed by atoms with van der Waals surface area (Å²) in [6.45, 7) is 4.33. The van der Waals surface area contributed by atoms with Gasteiger partial charge >= 0.3 is 6.09 Å². The molecule has 0 saturated heterocycles. The van der Waals surface area contributed by atoms with Crippen LogP contribution in [0, 0.1) is 5.92 Å². The first-order chi connectivity index (χ1) is 7.02. The molecule has 2 amide bonds. The van der Waals surface area contributed by atoms with E-state index >= 15 is 0 Å². The number of carbonyl (C=O) groups excluding carboxylic acids is 2. The maximum atomic E-state index is 11.6. The summed E-state index contributed by atoms with van der Waals surface area (Å²) < 4.78 is 5.29. The third kappa shape index (κ3) is 5.81. The fourth-order valence-corrected chi connectivity index (χ4v) is 1.27. The van der Waals surface area contributed by atoms with Crippen molar-refractivity contribution >= 4 is 34.6 Å². The minimum Gasteiger partial charge on any atom is -0.453 e. The van der Waals surface area contributed by atoms with E-state index in [0.717, 1.165) is 4.43 Å². The van der Waals surface area contributed by atoms with Crippen LogP contribution in [-0.2, 0) is 9.53 Å². The maximum Gasteiger partial charge on any atom is 0.407 e. The van der Waals surface area contributed by atoms with E-state index in [-0.39, 0.29) is 11.8 Å². The Morgan fingerprint density at radius 2 is 2.00 bits per heavy atom. The van der Waals surface area contributed by atoms with Crippen LogP contribution >= 0.6 is 22.6 Å². The summed E-state index contributed by atoms with van der Waals surface area (Å²) in [6.07, 6.45) is -0.585. The van der Waals surface area contributed by atoms with Gasteiger partial charge in [-0.2, -0.15) is 0 Å². The number of alkyl carbamates (subject to hydrolysis) is 1. The van der Waals surface area contributed by atoms with E-state index in [0.29, 0.717) is 6.54 Å². The van der Waals surface area contributed by atoms with E-state index < -0.39 is 12.1 Å². The number of amides is 2. The number of rotatable bonds is 5. The summed E-state index contributed by atoms with van der Waals surface area (Å²) in [5.41, 5.74) is 0. The van der Waals surface area contributed by atoms with Gasteiger partial charge in [-0.05, 0) is 5.92 Å². The molecule has 0 spiro atoms. The van der Waals surface area contributed by atoms with Crippen molar-refractivity contribution < 1.29 is 14.3 Å². The first-order valence-electron chi connectivity index (χ1n) is 4.71. The van der Waals surface area contributed by atoms with Crippen molar-refractivity contribution in [3.8, 4) is 0 Å². The Kier molecular flexibility index (Phi) is 7.45. The molecule has 6 heteroatoms. The highest BCUT2D eigenvalue weighted by molar-refractivity contribution is 14.1. The Labute approximate surface area is 103 Å². The summed E-state index contributed by atoms with van der Waals surface area (Å²) in [6, 6.07) is -0.541. The molecule has 0 aromatic heterocycles. The van der Waals surface area contributed by atoms with Crippen molar-refractivity contribution in [2.24, 2.45) is 5.92 Å². The number of nitrogens with one attached hydrogen (secondary N) is 2. The molecule has 15 heavy (non-hydrogen) atoms. The first kappa shape index (κ1) is 14.5. The van der Waals surface area contributed by atoms with Gasteiger partial charge in [0, 0.05) is 11.0 Å². The molecule has 1 atom stereocenters. The lowest BCUT2D eigenvalue weighted by molar-refractivity contribution is -0.123. The predicted octanol–water partition coefficient (Wildman–Crippen LogP) is 0.918. The lowest BCUT2D eigenvalue weighted by Crippen LogP contribution is -2.50. The molecular weight excluding hydrogens is 311 g/mol. The van der Waals surface area contributed by atoms with Crippen LogP contribution in [-0.4, -0.2) is 36.1 Å². The van der Waals surface area contributed by atoms with Crippen LogP contribution in [0.15, 0.2) is 0 Å². The molecule has 0 radical (unpaired) electrons. The number of hydrogen-bond donors (Lipinski definition) is 2. The summed E-state index contributed by atoms with van der Waals surface area (Å²) in [5.74, 6) is -0.148. The highest BCUT2D eigenvalue weighted by Gasteiger charge is 2.23. The molecule has 0 aliphatic rings. The number of methoxy groups -OCH3 is 1. The van der Waals surface area contributed by atoms with Crippen LogP contribution in [0.25, 0.3) is 0 Å². The summed E-state index contributed by atoms with van der Waals surface area (Å²) in [4.78, 5) is 22.6. The van der Waals surface area contributed by atoms with Gasteiger partial charge in [0.2, 0.25) is 5.91 Å². The largest absolute Gasteiger partial charge is 0.453 e. The van der Waals surface area contributed by atoms with Crippen molar-refractivity contribution in [3.05, 3.63) is 0 Å². The van der Waals surface area contributed by atoms with Gasteiger partial charge in [0.05, 0.1) is 7.11 Å². The third-order valence-corrected chi connectivity index (χ3v) is 2.34. The predicted molar refractivity (Wildman–Crippen MR) is 66.1 cm³/mol.